The number of benzene rings is 1. The molecule has 1 saturated heterocycles. The summed E-state index contributed by atoms with van der Waals surface area (Å²) in [5.74, 6) is -1.48. The first-order chi connectivity index (χ1) is 11.8. The molecule has 0 radical (unpaired) electrons. The topological polar surface area (TPSA) is 57.6 Å². The van der Waals surface area contributed by atoms with Crippen molar-refractivity contribution in [3.05, 3.63) is 35.4 Å². The van der Waals surface area contributed by atoms with Gasteiger partial charge in [0.15, 0.2) is 0 Å². The maximum absolute atomic E-state index is 14.5. The van der Waals surface area contributed by atoms with Gasteiger partial charge in [-0.2, -0.15) is 0 Å². The standard InChI is InChI=1S/C17H22F3NO3S/c18-12-5-9-21(10-6-12)25(23,24)17(7-3-14(22)4-8-17)15-11-13(19)1-2-16(15)20/h1-2,11-12,14,22H,3-10H2. The van der Waals surface area contributed by atoms with Crippen molar-refractivity contribution in [3.63, 3.8) is 0 Å². The minimum atomic E-state index is -4.04. The molecule has 0 atom stereocenters. The predicted molar refractivity (Wildman–Crippen MR) is 87.1 cm³/mol. The third kappa shape index (κ3) is 3.31. The summed E-state index contributed by atoms with van der Waals surface area (Å²) in [7, 11) is -4.04. The van der Waals surface area contributed by atoms with Crippen LogP contribution in [-0.4, -0.2) is 43.2 Å². The number of sulfonamides is 1. The summed E-state index contributed by atoms with van der Waals surface area (Å²) < 4.78 is 68.0. The lowest BCUT2D eigenvalue weighted by Gasteiger charge is -2.43. The van der Waals surface area contributed by atoms with Crippen LogP contribution >= 0.6 is 0 Å². The molecule has 1 aliphatic heterocycles. The van der Waals surface area contributed by atoms with Crippen molar-refractivity contribution in [2.45, 2.75) is 55.5 Å². The van der Waals surface area contributed by atoms with Gasteiger partial charge in [-0.1, -0.05) is 0 Å². The molecule has 140 valence electrons. The molecule has 1 saturated carbocycles. The van der Waals surface area contributed by atoms with E-state index in [1.54, 1.807) is 0 Å². The van der Waals surface area contributed by atoms with Crippen LogP contribution in [0.3, 0.4) is 0 Å². The lowest BCUT2D eigenvalue weighted by molar-refractivity contribution is 0.111. The summed E-state index contributed by atoms with van der Waals surface area (Å²) in [6.45, 7) is 0.0650. The van der Waals surface area contributed by atoms with Crippen molar-refractivity contribution < 1.29 is 26.7 Å². The van der Waals surface area contributed by atoms with E-state index in [0.717, 1.165) is 18.2 Å². The molecular weight excluding hydrogens is 355 g/mol. The normalized spacial score (nSPS) is 29.7. The Kier molecular flexibility index (Phi) is 5.14. The Hall–Kier alpha value is -1.12. The highest BCUT2D eigenvalue weighted by atomic mass is 32.2. The molecule has 1 aromatic rings. The zero-order chi connectivity index (χ0) is 18.2. The van der Waals surface area contributed by atoms with Crippen molar-refractivity contribution in [2.75, 3.05) is 13.1 Å². The molecule has 8 heteroatoms. The van der Waals surface area contributed by atoms with E-state index < -0.39 is 38.7 Å². The quantitative estimate of drug-likeness (QED) is 0.881. The fraction of sp³-hybridized carbons (Fsp3) is 0.647. The van der Waals surface area contributed by atoms with E-state index in [1.165, 1.54) is 4.31 Å². The van der Waals surface area contributed by atoms with Gasteiger partial charge in [0, 0.05) is 18.7 Å². The van der Waals surface area contributed by atoms with Gasteiger partial charge in [0.1, 0.15) is 22.6 Å². The number of nitrogens with zero attached hydrogens (tertiary/aromatic N) is 1. The first-order valence-electron chi connectivity index (χ1n) is 8.54. The van der Waals surface area contributed by atoms with E-state index in [9.17, 15) is 26.7 Å². The number of alkyl halides is 1. The minimum Gasteiger partial charge on any atom is -0.393 e. The van der Waals surface area contributed by atoms with Gasteiger partial charge in [-0.15, -0.1) is 0 Å². The van der Waals surface area contributed by atoms with Gasteiger partial charge in [0.2, 0.25) is 10.0 Å². The van der Waals surface area contributed by atoms with Crippen LogP contribution in [0.15, 0.2) is 18.2 Å². The Morgan fingerprint density at radius 2 is 1.68 bits per heavy atom. The van der Waals surface area contributed by atoms with Gasteiger partial charge >= 0.3 is 0 Å². The lowest BCUT2D eigenvalue weighted by Crippen LogP contribution is -2.51. The average Bonchev–Trinajstić information content (AvgIpc) is 2.58. The molecule has 1 aromatic carbocycles. The number of hydrogen-bond donors (Lipinski definition) is 1. The molecule has 4 nitrogen and oxygen atoms in total. The van der Waals surface area contributed by atoms with E-state index in [-0.39, 0.29) is 57.2 Å². The van der Waals surface area contributed by atoms with Crippen LogP contribution in [0.2, 0.25) is 0 Å². The average molecular weight is 377 g/mol. The molecule has 1 aliphatic carbocycles. The van der Waals surface area contributed by atoms with Crippen molar-refractivity contribution in [1.82, 2.24) is 4.31 Å². The van der Waals surface area contributed by atoms with Crippen LogP contribution in [0.25, 0.3) is 0 Å². The third-order valence-corrected chi connectivity index (χ3v) is 8.06. The van der Waals surface area contributed by atoms with Crippen LogP contribution in [0.5, 0.6) is 0 Å². The van der Waals surface area contributed by atoms with Crippen LogP contribution in [0, 0.1) is 11.6 Å². The van der Waals surface area contributed by atoms with E-state index >= 15 is 0 Å². The van der Waals surface area contributed by atoms with Crippen molar-refractivity contribution in [3.8, 4) is 0 Å². The van der Waals surface area contributed by atoms with Crippen LogP contribution in [-0.2, 0) is 14.8 Å². The summed E-state index contributed by atoms with van der Waals surface area (Å²) >= 11 is 0. The maximum Gasteiger partial charge on any atom is 0.224 e. The van der Waals surface area contributed by atoms with Crippen LogP contribution < -0.4 is 0 Å². The van der Waals surface area contributed by atoms with Crippen LogP contribution in [0.4, 0.5) is 13.2 Å². The first-order valence-corrected chi connectivity index (χ1v) is 9.98. The second-order valence-electron chi connectivity index (χ2n) is 6.93. The summed E-state index contributed by atoms with van der Waals surface area (Å²) in [6.07, 6.45) is -1.10. The fourth-order valence-electron chi connectivity index (χ4n) is 3.89. The van der Waals surface area contributed by atoms with Gasteiger partial charge in [-0.25, -0.2) is 25.9 Å². The molecule has 0 aromatic heterocycles. The monoisotopic (exact) mass is 377 g/mol. The molecule has 2 fully saturated rings. The smallest absolute Gasteiger partial charge is 0.224 e. The van der Waals surface area contributed by atoms with Crippen LogP contribution in [0.1, 0.15) is 44.1 Å². The summed E-state index contributed by atoms with van der Waals surface area (Å²) in [4.78, 5) is 0. The molecule has 0 bridgehead atoms. The van der Waals surface area contributed by atoms with E-state index in [1.807, 2.05) is 0 Å². The molecule has 0 amide bonds. The van der Waals surface area contributed by atoms with Gasteiger partial charge < -0.3 is 5.11 Å². The van der Waals surface area contributed by atoms with Gasteiger partial charge in [-0.05, 0) is 56.7 Å². The molecule has 1 N–H and O–H groups in total. The first kappa shape index (κ1) is 18.7. The fourth-order valence-corrected chi connectivity index (χ4v) is 6.27. The highest BCUT2D eigenvalue weighted by Crippen LogP contribution is 2.47. The largest absolute Gasteiger partial charge is 0.393 e. The minimum absolute atomic E-state index is 0.00638. The highest BCUT2D eigenvalue weighted by Gasteiger charge is 2.52. The molecule has 1 heterocycles. The number of aliphatic hydroxyl groups excluding tert-OH is 1. The maximum atomic E-state index is 14.5. The molecule has 0 spiro atoms. The second-order valence-corrected chi connectivity index (χ2v) is 9.18. The van der Waals surface area contributed by atoms with Crippen molar-refractivity contribution >= 4 is 10.0 Å². The number of aliphatic hydroxyl groups is 1. The number of halogens is 3. The second kappa shape index (κ2) is 6.89. The summed E-state index contributed by atoms with van der Waals surface area (Å²) in [5.41, 5.74) is -0.193. The number of rotatable bonds is 3. The Labute approximate surface area is 145 Å². The Morgan fingerprint density at radius 1 is 1.08 bits per heavy atom. The van der Waals surface area contributed by atoms with E-state index in [0.29, 0.717) is 0 Å². The molecule has 0 unspecified atom stereocenters. The predicted octanol–water partition coefficient (Wildman–Crippen LogP) is 2.86. The van der Waals surface area contributed by atoms with E-state index in [2.05, 4.69) is 0 Å². The van der Waals surface area contributed by atoms with Gasteiger partial charge in [-0.3, -0.25) is 0 Å². The van der Waals surface area contributed by atoms with E-state index in [4.69, 9.17) is 0 Å². The Balaban J connectivity index is 2.07. The van der Waals surface area contributed by atoms with Crippen molar-refractivity contribution in [2.24, 2.45) is 0 Å². The van der Waals surface area contributed by atoms with Gasteiger partial charge in [0.05, 0.1) is 6.10 Å². The lowest BCUT2D eigenvalue weighted by atomic mass is 9.81. The Morgan fingerprint density at radius 3 is 2.28 bits per heavy atom. The highest BCUT2D eigenvalue weighted by molar-refractivity contribution is 7.90. The summed E-state index contributed by atoms with van der Waals surface area (Å²) in [6, 6.07) is 2.82. The zero-order valence-corrected chi connectivity index (χ0v) is 14.6. The molecular formula is C17H22F3NO3S. The molecule has 25 heavy (non-hydrogen) atoms. The summed E-state index contributed by atoms with van der Waals surface area (Å²) in [5, 5.41) is 9.80. The SMILES string of the molecule is O=S(=O)(N1CCC(F)CC1)C1(c2cc(F)ccc2F)CCC(O)CC1. The number of piperidine rings is 1. The zero-order valence-electron chi connectivity index (χ0n) is 13.8. The van der Waals surface area contributed by atoms with Gasteiger partial charge in [0.25, 0.3) is 0 Å². The molecule has 3 rings (SSSR count). The number of hydrogen-bond acceptors (Lipinski definition) is 3. The van der Waals surface area contributed by atoms with Crippen molar-refractivity contribution in [1.29, 1.82) is 0 Å². The Bertz CT molecular complexity index is 725. The molecule has 2 aliphatic rings. The third-order valence-electron chi connectivity index (χ3n) is 5.40.